The molecule has 1 aliphatic heterocycles. The van der Waals surface area contributed by atoms with Gasteiger partial charge in [0.2, 0.25) is 11.8 Å². The summed E-state index contributed by atoms with van der Waals surface area (Å²) in [6, 6.07) is 14.2. The zero-order valence-corrected chi connectivity index (χ0v) is 17.4. The van der Waals surface area contributed by atoms with Crippen molar-refractivity contribution in [3.8, 4) is 0 Å². The van der Waals surface area contributed by atoms with Crippen molar-refractivity contribution in [3.63, 3.8) is 0 Å². The molecule has 0 aliphatic carbocycles. The number of benzene rings is 1. The fourth-order valence-corrected chi connectivity index (χ4v) is 4.53. The number of aryl methyl sites for hydroxylation is 1. The number of nitrogens with zero attached hydrogens (tertiary/aromatic N) is 1. The number of piperidine rings is 1. The Morgan fingerprint density at radius 3 is 2.54 bits per heavy atom. The summed E-state index contributed by atoms with van der Waals surface area (Å²) >= 11 is 1.78. The molecule has 1 fully saturated rings. The highest BCUT2D eigenvalue weighted by atomic mass is 32.1. The molecule has 2 aromatic rings. The van der Waals surface area contributed by atoms with Crippen molar-refractivity contribution in [2.45, 2.75) is 39.2 Å². The van der Waals surface area contributed by atoms with Gasteiger partial charge >= 0.3 is 0 Å². The molecule has 1 saturated heterocycles. The summed E-state index contributed by atoms with van der Waals surface area (Å²) in [7, 11) is 0. The Morgan fingerprint density at radius 2 is 1.89 bits per heavy atom. The van der Waals surface area contributed by atoms with E-state index in [2.05, 4.69) is 31.3 Å². The molecule has 0 spiro atoms. The molecule has 5 heteroatoms. The maximum absolute atomic E-state index is 12.6. The summed E-state index contributed by atoms with van der Waals surface area (Å²) in [6.45, 7) is 5.42. The first-order valence-corrected chi connectivity index (χ1v) is 10.7. The Bertz CT molecular complexity index is 820. The van der Waals surface area contributed by atoms with Gasteiger partial charge in [-0.25, -0.2) is 0 Å². The molecule has 148 valence electrons. The largest absolute Gasteiger partial charge is 0.353 e. The molecular weight excluding hydrogens is 368 g/mol. The lowest BCUT2D eigenvalue weighted by atomic mass is 9.95. The van der Waals surface area contributed by atoms with E-state index in [1.165, 1.54) is 9.75 Å². The number of carbonyl (C=O) groups is 2. The number of hydrogen-bond donors (Lipinski definition) is 1. The lowest BCUT2D eigenvalue weighted by Gasteiger charge is -2.31. The Labute approximate surface area is 171 Å². The monoisotopic (exact) mass is 396 g/mol. The standard InChI is InChI=1S/C23H28N2O2S/c1-17(16-21-10-8-18(2)28-21)24-23(27)20-12-14-25(15-13-20)22(26)11-9-19-6-4-3-5-7-19/h3-11,17,20H,12-16H2,1-2H3,(H,24,27). The zero-order valence-electron chi connectivity index (χ0n) is 16.6. The molecule has 1 atom stereocenters. The smallest absolute Gasteiger partial charge is 0.246 e. The van der Waals surface area contributed by atoms with Gasteiger partial charge in [0, 0.05) is 47.3 Å². The van der Waals surface area contributed by atoms with Crippen molar-refractivity contribution in [1.82, 2.24) is 10.2 Å². The lowest BCUT2D eigenvalue weighted by Crippen LogP contribution is -2.44. The molecule has 1 aromatic carbocycles. The fourth-order valence-electron chi connectivity index (χ4n) is 3.51. The van der Waals surface area contributed by atoms with E-state index in [0.29, 0.717) is 13.1 Å². The van der Waals surface area contributed by atoms with Gasteiger partial charge in [-0.15, -0.1) is 11.3 Å². The molecule has 4 nitrogen and oxygen atoms in total. The highest BCUT2D eigenvalue weighted by Crippen LogP contribution is 2.20. The van der Waals surface area contributed by atoms with Crippen LogP contribution >= 0.6 is 11.3 Å². The van der Waals surface area contributed by atoms with E-state index in [-0.39, 0.29) is 23.8 Å². The summed E-state index contributed by atoms with van der Waals surface area (Å²) < 4.78 is 0. The van der Waals surface area contributed by atoms with Crippen LogP contribution in [0.4, 0.5) is 0 Å². The molecule has 3 rings (SSSR count). The lowest BCUT2D eigenvalue weighted by molar-refractivity contribution is -0.132. The van der Waals surface area contributed by atoms with E-state index < -0.39 is 0 Å². The molecule has 1 aliphatic rings. The summed E-state index contributed by atoms with van der Waals surface area (Å²) in [4.78, 5) is 29.4. The van der Waals surface area contributed by atoms with Gasteiger partial charge in [0.15, 0.2) is 0 Å². The summed E-state index contributed by atoms with van der Waals surface area (Å²) in [5.74, 6) is 0.131. The first kappa shape index (κ1) is 20.3. The maximum Gasteiger partial charge on any atom is 0.246 e. The van der Waals surface area contributed by atoms with Crippen LogP contribution in [-0.2, 0) is 16.0 Å². The fraction of sp³-hybridized carbons (Fsp3) is 0.391. The van der Waals surface area contributed by atoms with Crippen LogP contribution in [-0.4, -0.2) is 35.8 Å². The molecule has 0 radical (unpaired) electrons. The molecule has 2 amide bonds. The zero-order chi connectivity index (χ0) is 19.9. The number of likely N-dealkylation sites (tertiary alicyclic amines) is 1. The van der Waals surface area contributed by atoms with E-state index in [1.54, 1.807) is 17.4 Å². The molecule has 28 heavy (non-hydrogen) atoms. The minimum absolute atomic E-state index is 0.00493. The minimum atomic E-state index is -0.00493. The van der Waals surface area contributed by atoms with Crippen molar-refractivity contribution >= 4 is 29.2 Å². The number of hydrogen-bond acceptors (Lipinski definition) is 3. The first-order valence-electron chi connectivity index (χ1n) is 9.89. The first-order chi connectivity index (χ1) is 13.5. The number of nitrogens with one attached hydrogen (secondary N) is 1. The molecule has 1 unspecified atom stereocenters. The van der Waals surface area contributed by atoms with E-state index in [9.17, 15) is 9.59 Å². The van der Waals surface area contributed by atoms with Gasteiger partial charge in [-0.2, -0.15) is 0 Å². The van der Waals surface area contributed by atoms with Gasteiger partial charge in [-0.05, 0) is 50.5 Å². The van der Waals surface area contributed by atoms with Gasteiger partial charge < -0.3 is 10.2 Å². The van der Waals surface area contributed by atoms with Gasteiger partial charge in [0.1, 0.15) is 0 Å². The molecule has 0 bridgehead atoms. The van der Waals surface area contributed by atoms with Crippen LogP contribution in [0.15, 0.2) is 48.5 Å². The second kappa shape index (κ2) is 9.69. The van der Waals surface area contributed by atoms with Crippen molar-refractivity contribution < 1.29 is 9.59 Å². The second-order valence-electron chi connectivity index (χ2n) is 7.47. The van der Waals surface area contributed by atoms with Crippen LogP contribution in [0.1, 0.15) is 35.1 Å². The predicted molar refractivity (Wildman–Crippen MR) is 115 cm³/mol. The minimum Gasteiger partial charge on any atom is -0.353 e. The van der Waals surface area contributed by atoms with Crippen molar-refractivity contribution in [3.05, 3.63) is 63.9 Å². The van der Waals surface area contributed by atoms with E-state index in [0.717, 1.165) is 24.8 Å². The van der Waals surface area contributed by atoms with Crippen LogP contribution in [0, 0.1) is 12.8 Å². The summed E-state index contributed by atoms with van der Waals surface area (Å²) in [5, 5.41) is 3.15. The van der Waals surface area contributed by atoms with Crippen molar-refractivity contribution in [1.29, 1.82) is 0 Å². The van der Waals surface area contributed by atoms with Crippen LogP contribution in [0.25, 0.3) is 6.08 Å². The number of carbonyl (C=O) groups excluding carboxylic acids is 2. The second-order valence-corrected chi connectivity index (χ2v) is 8.84. The van der Waals surface area contributed by atoms with Crippen LogP contribution < -0.4 is 5.32 Å². The normalized spacial score (nSPS) is 16.3. The third-order valence-electron chi connectivity index (χ3n) is 5.09. The maximum atomic E-state index is 12.6. The van der Waals surface area contributed by atoms with Gasteiger partial charge in [-0.1, -0.05) is 30.3 Å². The highest BCUT2D eigenvalue weighted by Gasteiger charge is 2.27. The third kappa shape index (κ3) is 5.80. The van der Waals surface area contributed by atoms with Crippen molar-refractivity contribution in [2.75, 3.05) is 13.1 Å². The average Bonchev–Trinajstić information content (AvgIpc) is 3.11. The Kier molecular flexibility index (Phi) is 7.04. The highest BCUT2D eigenvalue weighted by molar-refractivity contribution is 7.11. The van der Waals surface area contributed by atoms with E-state index >= 15 is 0 Å². The quantitative estimate of drug-likeness (QED) is 0.749. The Hall–Kier alpha value is -2.40. The molecule has 1 aromatic heterocycles. The number of thiophene rings is 1. The molecular formula is C23H28N2O2S. The summed E-state index contributed by atoms with van der Waals surface area (Å²) in [6.07, 6.45) is 5.78. The van der Waals surface area contributed by atoms with Gasteiger partial charge in [0.05, 0.1) is 0 Å². The van der Waals surface area contributed by atoms with Gasteiger partial charge in [-0.3, -0.25) is 9.59 Å². The van der Waals surface area contributed by atoms with Crippen molar-refractivity contribution in [2.24, 2.45) is 5.92 Å². The van der Waals surface area contributed by atoms with Crippen LogP contribution in [0.5, 0.6) is 0 Å². The predicted octanol–water partition coefficient (Wildman–Crippen LogP) is 4.06. The Balaban J connectivity index is 1.43. The molecule has 1 N–H and O–H groups in total. The van der Waals surface area contributed by atoms with Gasteiger partial charge in [0.25, 0.3) is 0 Å². The van der Waals surface area contributed by atoms with E-state index in [1.807, 2.05) is 41.3 Å². The molecule has 2 heterocycles. The average molecular weight is 397 g/mol. The number of rotatable bonds is 6. The van der Waals surface area contributed by atoms with Crippen LogP contribution in [0.3, 0.4) is 0 Å². The van der Waals surface area contributed by atoms with Crippen LogP contribution in [0.2, 0.25) is 0 Å². The number of amides is 2. The SMILES string of the molecule is Cc1ccc(CC(C)NC(=O)C2CCN(C(=O)C=Cc3ccccc3)CC2)s1. The Morgan fingerprint density at radius 1 is 1.18 bits per heavy atom. The molecule has 0 saturated carbocycles. The summed E-state index contributed by atoms with van der Waals surface area (Å²) in [5.41, 5.74) is 1.01. The van der Waals surface area contributed by atoms with E-state index in [4.69, 9.17) is 0 Å². The third-order valence-corrected chi connectivity index (χ3v) is 6.11. The topological polar surface area (TPSA) is 49.4 Å².